The first-order valence-electron chi connectivity index (χ1n) is 5.01. The van der Waals surface area contributed by atoms with Gasteiger partial charge in [0.2, 0.25) is 5.88 Å². The summed E-state index contributed by atoms with van der Waals surface area (Å²) in [5.74, 6) is 0.646. The highest BCUT2D eigenvalue weighted by Crippen LogP contribution is 2.09. The number of nitrogens with two attached hydrogens (primary N) is 1. The molecule has 0 aliphatic carbocycles. The van der Waals surface area contributed by atoms with Crippen molar-refractivity contribution in [2.75, 3.05) is 6.54 Å². The zero-order valence-corrected chi connectivity index (χ0v) is 9.45. The molecular formula is C11H22N2O. The molecule has 1 aromatic rings. The van der Waals surface area contributed by atoms with Gasteiger partial charge in [-0.3, -0.25) is 0 Å². The van der Waals surface area contributed by atoms with Gasteiger partial charge in [0.05, 0.1) is 0 Å². The molecule has 0 saturated carbocycles. The second-order valence-corrected chi connectivity index (χ2v) is 2.84. The largest absolute Gasteiger partial charge is 0.473 e. The van der Waals surface area contributed by atoms with E-state index in [2.05, 4.69) is 4.98 Å². The third-order valence-electron chi connectivity index (χ3n) is 1.54. The van der Waals surface area contributed by atoms with Crippen LogP contribution in [0.4, 0.5) is 0 Å². The summed E-state index contributed by atoms with van der Waals surface area (Å²) in [6.07, 6.45) is 1.76. The van der Waals surface area contributed by atoms with Gasteiger partial charge in [0.15, 0.2) is 0 Å². The minimum atomic E-state index is 0. The van der Waals surface area contributed by atoms with Crippen LogP contribution in [0.25, 0.3) is 0 Å². The molecule has 1 atom stereocenters. The minimum absolute atomic E-state index is 0. The fraction of sp³-hybridized carbons (Fsp3) is 0.545. The summed E-state index contributed by atoms with van der Waals surface area (Å²) in [5, 5.41) is 0. The van der Waals surface area contributed by atoms with Gasteiger partial charge < -0.3 is 10.5 Å². The quantitative estimate of drug-likeness (QED) is 0.811. The van der Waals surface area contributed by atoms with E-state index in [1.807, 2.05) is 39.8 Å². The van der Waals surface area contributed by atoms with E-state index >= 15 is 0 Å². The van der Waals surface area contributed by atoms with Crippen LogP contribution in [0.1, 0.15) is 27.8 Å². The van der Waals surface area contributed by atoms with E-state index in [1.165, 1.54) is 0 Å². The molecule has 1 aromatic heterocycles. The lowest BCUT2D eigenvalue weighted by Crippen LogP contribution is -2.23. The van der Waals surface area contributed by atoms with E-state index in [1.54, 1.807) is 6.20 Å². The highest BCUT2D eigenvalue weighted by Gasteiger charge is 2.01. The predicted octanol–water partition coefficient (Wildman–Crippen LogP) is 2.39. The van der Waals surface area contributed by atoms with Gasteiger partial charge in [-0.15, -0.1) is 0 Å². The molecule has 0 amide bonds. The van der Waals surface area contributed by atoms with E-state index in [0.717, 1.165) is 5.56 Å². The summed E-state index contributed by atoms with van der Waals surface area (Å²) in [6, 6.07) is 3.83. The Bertz CT molecular complexity index is 256. The average Bonchev–Trinajstić information content (AvgIpc) is 2.21. The standard InChI is InChI=1S/C9H14N2O.C2H6.H2/c1-7-3-4-11-9(5-7)12-8(2)6-10;1-2;/h3-5,8H,6,10H2,1-2H3;1-2H3;1H/t8-;;/m1../s1. The first-order valence-corrected chi connectivity index (χ1v) is 5.01. The summed E-state index contributed by atoms with van der Waals surface area (Å²) in [4.78, 5) is 4.05. The van der Waals surface area contributed by atoms with Gasteiger partial charge in [0, 0.05) is 20.2 Å². The van der Waals surface area contributed by atoms with E-state index in [0.29, 0.717) is 12.4 Å². The first kappa shape index (κ1) is 12.9. The first-order chi connectivity index (χ1) is 6.72. The number of ether oxygens (including phenoxy) is 1. The molecule has 3 heteroatoms. The average molecular weight is 198 g/mol. The molecule has 14 heavy (non-hydrogen) atoms. The van der Waals surface area contributed by atoms with Crippen molar-refractivity contribution in [1.29, 1.82) is 0 Å². The number of rotatable bonds is 3. The van der Waals surface area contributed by atoms with E-state index in [9.17, 15) is 0 Å². The maximum Gasteiger partial charge on any atom is 0.213 e. The van der Waals surface area contributed by atoms with Gasteiger partial charge in [-0.2, -0.15) is 0 Å². The van der Waals surface area contributed by atoms with Crippen LogP contribution in [-0.2, 0) is 0 Å². The Balaban J connectivity index is 0. The SMILES string of the molecule is CC.Cc1ccnc(O[C@H](C)CN)c1.[HH]. The lowest BCUT2D eigenvalue weighted by Gasteiger charge is -2.10. The number of hydrogen-bond donors (Lipinski definition) is 1. The van der Waals surface area contributed by atoms with Gasteiger partial charge in [-0.1, -0.05) is 13.8 Å². The van der Waals surface area contributed by atoms with E-state index < -0.39 is 0 Å². The summed E-state index contributed by atoms with van der Waals surface area (Å²) < 4.78 is 5.41. The summed E-state index contributed by atoms with van der Waals surface area (Å²) in [7, 11) is 0. The summed E-state index contributed by atoms with van der Waals surface area (Å²) in [5.41, 5.74) is 6.55. The van der Waals surface area contributed by atoms with Crippen molar-refractivity contribution >= 4 is 0 Å². The monoisotopic (exact) mass is 198 g/mol. The van der Waals surface area contributed by atoms with E-state index in [-0.39, 0.29) is 7.53 Å². The van der Waals surface area contributed by atoms with Crippen LogP contribution in [0.5, 0.6) is 5.88 Å². The van der Waals surface area contributed by atoms with Crippen molar-refractivity contribution in [3.8, 4) is 5.88 Å². The van der Waals surface area contributed by atoms with Crippen LogP contribution in [0.2, 0.25) is 0 Å². The lowest BCUT2D eigenvalue weighted by molar-refractivity contribution is 0.220. The minimum Gasteiger partial charge on any atom is -0.473 e. The Morgan fingerprint density at radius 1 is 1.57 bits per heavy atom. The molecule has 2 N–H and O–H groups in total. The Morgan fingerprint density at radius 3 is 2.71 bits per heavy atom. The Hall–Kier alpha value is -1.09. The van der Waals surface area contributed by atoms with E-state index in [4.69, 9.17) is 10.5 Å². The third-order valence-corrected chi connectivity index (χ3v) is 1.54. The summed E-state index contributed by atoms with van der Waals surface area (Å²) in [6.45, 7) is 8.43. The zero-order chi connectivity index (χ0) is 11.0. The van der Waals surface area contributed by atoms with Crippen molar-refractivity contribution < 1.29 is 6.16 Å². The maximum atomic E-state index is 5.41. The molecule has 0 saturated heterocycles. The van der Waals surface area contributed by atoms with Gasteiger partial charge in [-0.25, -0.2) is 4.98 Å². The molecule has 0 unspecified atom stereocenters. The van der Waals surface area contributed by atoms with Crippen LogP contribution in [0.15, 0.2) is 18.3 Å². The zero-order valence-electron chi connectivity index (χ0n) is 9.45. The van der Waals surface area contributed by atoms with Crippen molar-refractivity contribution in [2.45, 2.75) is 33.8 Å². The van der Waals surface area contributed by atoms with Crippen LogP contribution in [-0.4, -0.2) is 17.6 Å². The number of pyridine rings is 1. The fourth-order valence-electron chi connectivity index (χ4n) is 0.827. The molecule has 1 rings (SSSR count). The molecule has 0 bridgehead atoms. The molecule has 0 spiro atoms. The van der Waals surface area contributed by atoms with Gasteiger partial charge in [0.1, 0.15) is 6.10 Å². The number of hydrogen-bond acceptors (Lipinski definition) is 3. The van der Waals surface area contributed by atoms with Crippen molar-refractivity contribution in [2.24, 2.45) is 5.73 Å². The topological polar surface area (TPSA) is 48.1 Å². The molecule has 1 heterocycles. The van der Waals surface area contributed by atoms with Gasteiger partial charge in [0.25, 0.3) is 0 Å². The molecule has 0 aromatic carbocycles. The van der Waals surface area contributed by atoms with Gasteiger partial charge in [-0.05, 0) is 25.5 Å². The highest BCUT2D eigenvalue weighted by molar-refractivity contribution is 5.18. The van der Waals surface area contributed by atoms with Crippen molar-refractivity contribution in [1.82, 2.24) is 4.98 Å². The van der Waals surface area contributed by atoms with Crippen molar-refractivity contribution in [3.63, 3.8) is 0 Å². The Kier molecular flexibility index (Phi) is 6.76. The normalized spacial score (nSPS) is 11.2. The lowest BCUT2D eigenvalue weighted by atomic mass is 10.3. The number of aryl methyl sites for hydroxylation is 1. The molecule has 0 radical (unpaired) electrons. The molecular weight excluding hydrogens is 176 g/mol. The van der Waals surface area contributed by atoms with Crippen LogP contribution < -0.4 is 10.5 Å². The van der Waals surface area contributed by atoms with Gasteiger partial charge >= 0.3 is 0 Å². The third kappa shape index (κ3) is 4.82. The maximum absolute atomic E-state index is 5.41. The Morgan fingerprint density at radius 2 is 2.21 bits per heavy atom. The summed E-state index contributed by atoms with van der Waals surface area (Å²) >= 11 is 0. The smallest absolute Gasteiger partial charge is 0.213 e. The van der Waals surface area contributed by atoms with Crippen LogP contribution >= 0.6 is 0 Å². The number of aromatic nitrogens is 1. The molecule has 0 fully saturated rings. The molecule has 0 aliphatic heterocycles. The second kappa shape index (κ2) is 7.33. The van der Waals surface area contributed by atoms with Crippen molar-refractivity contribution in [3.05, 3.63) is 23.9 Å². The number of nitrogens with zero attached hydrogens (tertiary/aromatic N) is 1. The Labute approximate surface area is 87.8 Å². The molecule has 0 aliphatic rings. The molecule has 3 nitrogen and oxygen atoms in total. The predicted molar refractivity (Wildman–Crippen MR) is 61.6 cm³/mol. The molecule has 82 valence electrons. The highest BCUT2D eigenvalue weighted by atomic mass is 16.5. The van der Waals surface area contributed by atoms with Crippen LogP contribution in [0, 0.1) is 6.92 Å². The van der Waals surface area contributed by atoms with Crippen LogP contribution in [0.3, 0.4) is 0 Å². The fourth-order valence-corrected chi connectivity index (χ4v) is 0.827. The second-order valence-electron chi connectivity index (χ2n) is 2.84.